The van der Waals surface area contributed by atoms with Crippen LogP contribution < -0.4 is 5.32 Å². The van der Waals surface area contributed by atoms with Gasteiger partial charge in [0.2, 0.25) is 5.91 Å². The number of hydrogen-bond acceptors (Lipinski definition) is 7. The molecule has 3 aromatic rings. The standard InChI is InChI=1S/C26H25N3O5S/c1-2-34-25(33)15-11-12-20-21(13-15)35-26(27-20)28-22(30)17-8-4-3-7-16(17)14-29-23(31)18-9-5-6-10-19(18)24(29)32/h5-6,9-13,16-17H,2-4,7-8,14H2,1H3,(H,27,28,30). The molecule has 2 unspecified atom stereocenters. The normalized spacial score (nSPS) is 19.6. The van der Waals surface area contributed by atoms with E-state index in [1.807, 2.05) is 0 Å². The molecule has 35 heavy (non-hydrogen) atoms. The van der Waals surface area contributed by atoms with Crippen molar-refractivity contribution in [3.05, 3.63) is 59.2 Å². The van der Waals surface area contributed by atoms with Crippen molar-refractivity contribution >= 4 is 50.4 Å². The van der Waals surface area contributed by atoms with Crippen LogP contribution >= 0.6 is 11.3 Å². The van der Waals surface area contributed by atoms with Crippen molar-refractivity contribution in [2.24, 2.45) is 11.8 Å². The summed E-state index contributed by atoms with van der Waals surface area (Å²) in [4.78, 5) is 56.7. The summed E-state index contributed by atoms with van der Waals surface area (Å²) in [6, 6.07) is 11.9. The lowest BCUT2D eigenvalue weighted by atomic mass is 9.78. The first kappa shape index (κ1) is 23.2. The minimum Gasteiger partial charge on any atom is -0.462 e. The van der Waals surface area contributed by atoms with Crippen LogP contribution in [0.4, 0.5) is 5.13 Å². The second-order valence-corrected chi connectivity index (χ2v) is 9.86. The van der Waals surface area contributed by atoms with Crippen LogP contribution in [0.3, 0.4) is 0 Å². The fourth-order valence-corrected chi connectivity index (χ4v) is 5.84. The number of nitrogens with zero attached hydrogens (tertiary/aromatic N) is 2. The summed E-state index contributed by atoms with van der Waals surface area (Å²) in [5, 5.41) is 3.39. The molecule has 1 aliphatic carbocycles. The number of nitrogens with one attached hydrogen (secondary N) is 1. The van der Waals surface area contributed by atoms with E-state index in [2.05, 4.69) is 10.3 Å². The topological polar surface area (TPSA) is 106 Å². The maximum atomic E-state index is 13.3. The van der Waals surface area contributed by atoms with Crippen molar-refractivity contribution < 1.29 is 23.9 Å². The molecular formula is C26H25N3O5S. The average molecular weight is 492 g/mol. The Morgan fingerprint density at radius 3 is 2.51 bits per heavy atom. The van der Waals surface area contributed by atoms with E-state index >= 15 is 0 Å². The predicted octanol–water partition coefficient (Wildman–Crippen LogP) is 4.51. The molecule has 8 nitrogen and oxygen atoms in total. The number of carbonyl (C=O) groups excluding carboxylic acids is 4. The molecule has 0 bridgehead atoms. The van der Waals surface area contributed by atoms with Gasteiger partial charge in [0.25, 0.3) is 11.8 Å². The van der Waals surface area contributed by atoms with Crippen molar-refractivity contribution in [2.45, 2.75) is 32.6 Å². The van der Waals surface area contributed by atoms with Crippen LogP contribution in [-0.4, -0.2) is 46.7 Å². The quantitative estimate of drug-likeness (QED) is 0.402. The van der Waals surface area contributed by atoms with Crippen LogP contribution in [0.25, 0.3) is 10.2 Å². The van der Waals surface area contributed by atoms with Crippen LogP contribution in [-0.2, 0) is 9.53 Å². The first-order valence-corrected chi connectivity index (χ1v) is 12.6. The van der Waals surface area contributed by atoms with Crippen molar-refractivity contribution in [2.75, 3.05) is 18.5 Å². The highest BCUT2D eigenvalue weighted by atomic mass is 32.1. The summed E-state index contributed by atoms with van der Waals surface area (Å²) < 4.78 is 5.83. The Balaban J connectivity index is 1.30. The summed E-state index contributed by atoms with van der Waals surface area (Å²) in [7, 11) is 0. The molecule has 2 atom stereocenters. The average Bonchev–Trinajstić information content (AvgIpc) is 3.37. The second-order valence-electron chi connectivity index (χ2n) is 8.83. The first-order chi connectivity index (χ1) is 17.0. The third kappa shape index (κ3) is 4.43. The molecule has 3 amide bonds. The van der Waals surface area contributed by atoms with Crippen LogP contribution in [0.1, 0.15) is 63.7 Å². The molecule has 0 saturated heterocycles. The van der Waals surface area contributed by atoms with E-state index in [1.165, 1.54) is 16.2 Å². The molecule has 180 valence electrons. The van der Waals surface area contributed by atoms with Gasteiger partial charge in [-0.3, -0.25) is 19.3 Å². The van der Waals surface area contributed by atoms with Gasteiger partial charge in [-0.05, 0) is 56.0 Å². The molecule has 2 heterocycles. The third-order valence-corrected chi connectivity index (χ3v) is 7.60. The zero-order valence-corrected chi connectivity index (χ0v) is 20.1. The highest BCUT2D eigenvalue weighted by Crippen LogP contribution is 2.35. The van der Waals surface area contributed by atoms with Gasteiger partial charge in [0.15, 0.2) is 5.13 Å². The number of hydrogen-bond donors (Lipinski definition) is 1. The largest absolute Gasteiger partial charge is 0.462 e. The SMILES string of the molecule is CCOC(=O)c1ccc2nc(NC(=O)C3CCCCC3CN3C(=O)c4ccccc4C3=O)sc2c1. The Hall–Kier alpha value is -3.59. The molecule has 0 radical (unpaired) electrons. The van der Waals surface area contributed by atoms with E-state index in [4.69, 9.17) is 4.74 Å². The number of rotatable bonds is 6. The summed E-state index contributed by atoms with van der Waals surface area (Å²) >= 11 is 1.30. The number of ether oxygens (including phenoxy) is 1. The van der Waals surface area contributed by atoms with Gasteiger partial charge in [0, 0.05) is 12.5 Å². The van der Waals surface area contributed by atoms with E-state index < -0.39 is 5.97 Å². The number of imide groups is 1. The van der Waals surface area contributed by atoms with Crippen LogP contribution in [0.15, 0.2) is 42.5 Å². The van der Waals surface area contributed by atoms with E-state index in [0.717, 1.165) is 24.0 Å². The molecule has 0 spiro atoms. The van der Waals surface area contributed by atoms with Crippen molar-refractivity contribution in [3.8, 4) is 0 Å². The predicted molar refractivity (Wildman–Crippen MR) is 131 cm³/mol. The first-order valence-electron chi connectivity index (χ1n) is 11.8. The van der Waals surface area contributed by atoms with E-state index in [1.54, 1.807) is 49.4 Å². The maximum Gasteiger partial charge on any atom is 0.338 e. The number of carbonyl (C=O) groups is 4. The lowest BCUT2D eigenvalue weighted by Crippen LogP contribution is -2.41. The third-order valence-electron chi connectivity index (χ3n) is 6.67. The highest BCUT2D eigenvalue weighted by molar-refractivity contribution is 7.22. The van der Waals surface area contributed by atoms with Crippen LogP contribution in [0.5, 0.6) is 0 Å². The summed E-state index contributed by atoms with van der Waals surface area (Å²) in [5.41, 5.74) is 1.97. The monoisotopic (exact) mass is 491 g/mol. The van der Waals surface area contributed by atoms with Crippen molar-refractivity contribution in [1.82, 2.24) is 9.88 Å². The number of thiazole rings is 1. The molecule has 1 N–H and O–H groups in total. The molecule has 1 aromatic heterocycles. The number of anilines is 1. The maximum absolute atomic E-state index is 13.3. The van der Waals surface area contributed by atoms with E-state index in [0.29, 0.717) is 40.4 Å². The molecule has 5 rings (SSSR count). The van der Waals surface area contributed by atoms with Gasteiger partial charge in [-0.15, -0.1) is 0 Å². The summed E-state index contributed by atoms with van der Waals surface area (Å²) in [5.74, 6) is -1.58. The fourth-order valence-electron chi connectivity index (χ4n) is 4.93. The van der Waals surface area contributed by atoms with Gasteiger partial charge < -0.3 is 10.1 Å². The van der Waals surface area contributed by atoms with Gasteiger partial charge in [0.1, 0.15) is 0 Å². The van der Waals surface area contributed by atoms with Crippen LogP contribution in [0, 0.1) is 11.8 Å². The molecular weight excluding hydrogens is 466 g/mol. The number of benzene rings is 2. The summed E-state index contributed by atoms with van der Waals surface area (Å²) in [6.07, 6.45) is 3.33. The van der Waals surface area contributed by atoms with Gasteiger partial charge >= 0.3 is 5.97 Å². The Labute approximate surface area is 206 Å². The molecule has 1 saturated carbocycles. The highest BCUT2D eigenvalue weighted by Gasteiger charge is 2.40. The minimum absolute atomic E-state index is 0.115. The Kier molecular flexibility index (Phi) is 6.34. The van der Waals surface area contributed by atoms with Gasteiger partial charge in [-0.25, -0.2) is 9.78 Å². The molecule has 2 aliphatic rings. The molecule has 1 fully saturated rings. The smallest absolute Gasteiger partial charge is 0.338 e. The number of aromatic nitrogens is 1. The Bertz CT molecular complexity index is 1300. The van der Waals surface area contributed by atoms with Crippen molar-refractivity contribution in [1.29, 1.82) is 0 Å². The van der Waals surface area contributed by atoms with E-state index in [9.17, 15) is 19.2 Å². The zero-order chi connectivity index (χ0) is 24.5. The number of fused-ring (bicyclic) bond motifs is 2. The molecule has 9 heteroatoms. The second kappa shape index (κ2) is 9.58. The van der Waals surface area contributed by atoms with E-state index in [-0.39, 0.29) is 36.1 Å². The number of esters is 1. The Morgan fingerprint density at radius 2 is 1.80 bits per heavy atom. The summed E-state index contributed by atoms with van der Waals surface area (Å²) in [6.45, 7) is 2.28. The van der Waals surface area contributed by atoms with Gasteiger partial charge in [0.05, 0.1) is 33.5 Å². The number of amides is 3. The van der Waals surface area contributed by atoms with Crippen LogP contribution in [0.2, 0.25) is 0 Å². The lowest BCUT2D eigenvalue weighted by Gasteiger charge is -2.32. The van der Waals surface area contributed by atoms with Gasteiger partial charge in [-0.2, -0.15) is 0 Å². The zero-order valence-electron chi connectivity index (χ0n) is 19.3. The Morgan fingerprint density at radius 1 is 1.09 bits per heavy atom. The molecule has 1 aliphatic heterocycles. The van der Waals surface area contributed by atoms with Crippen molar-refractivity contribution in [3.63, 3.8) is 0 Å². The fraction of sp³-hybridized carbons (Fsp3) is 0.346. The lowest BCUT2D eigenvalue weighted by molar-refractivity contribution is -0.122. The van der Waals surface area contributed by atoms with Gasteiger partial charge in [-0.1, -0.05) is 36.3 Å². The molecule has 2 aromatic carbocycles. The minimum atomic E-state index is -0.397.